The number of carbonyl (C=O) groups excluding carboxylic acids is 1. The standard InChI is InChI=1S/C25H21N3O3S/c1-14-9-10-20(32-14)22-21-17(12-15(13-18(21)29)19-8-5-11-31-19)26-24-23(22)25(30)28(27-24)16-6-3-2-4-7-16/h2-11,15,22,26-27H,12-13H2,1H3/t15-,22-/m0/s1. The summed E-state index contributed by atoms with van der Waals surface area (Å²) >= 11 is 1.63. The molecule has 6 nitrogen and oxygen atoms in total. The van der Waals surface area contributed by atoms with Gasteiger partial charge in [-0.25, -0.2) is 4.68 Å². The number of rotatable bonds is 3. The van der Waals surface area contributed by atoms with Crippen molar-refractivity contribution >= 4 is 22.9 Å². The summed E-state index contributed by atoms with van der Waals surface area (Å²) in [6, 6.07) is 17.3. The molecule has 0 fully saturated rings. The Morgan fingerprint density at radius 1 is 1.03 bits per heavy atom. The number of allylic oxidation sites excluding steroid dienone is 2. The molecule has 0 saturated carbocycles. The first-order valence-electron chi connectivity index (χ1n) is 10.6. The molecular formula is C25H21N3O3S. The van der Waals surface area contributed by atoms with Gasteiger partial charge in [0.25, 0.3) is 5.56 Å². The van der Waals surface area contributed by atoms with Gasteiger partial charge in [-0.15, -0.1) is 11.3 Å². The monoisotopic (exact) mass is 443 g/mol. The van der Waals surface area contributed by atoms with Gasteiger partial charge in [-0.2, -0.15) is 0 Å². The normalized spacial score (nSPS) is 20.1. The fourth-order valence-corrected chi connectivity index (χ4v) is 5.87. The number of H-pyrrole nitrogens is 1. The van der Waals surface area contributed by atoms with Crippen molar-refractivity contribution in [3.63, 3.8) is 0 Å². The zero-order valence-electron chi connectivity index (χ0n) is 17.4. The van der Waals surface area contributed by atoms with E-state index in [9.17, 15) is 9.59 Å². The van der Waals surface area contributed by atoms with Crippen LogP contribution in [0.1, 0.15) is 45.8 Å². The largest absolute Gasteiger partial charge is 0.469 e. The van der Waals surface area contributed by atoms with Crippen LogP contribution in [0.15, 0.2) is 81.3 Å². The Labute approximate surface area is 188 Å². The van der Waals surface area contributed by atoms with Crippen molar-refractivity contribution in [2.75, 3.05) is 5.32 Å². The molecule has 0 radical (unpaired) electrons. The maximum Gasteiger partial charge on any atom is 0.277 e. The van der Waals surface area contributed by atoms with Crippen LogP contribution in [0, 0.1) is 6.92 Å². The molecule has 4 heterocycles. The summed E-state index contributed by atoms with van der Waals surface area (Å²) in [5.74, 6) is 1.14. The quantitative estimate of drug-likeness (QED) is 0.462. The number of hydrogen-bond donors (Lipinski definition) is 2. The van der Waals surface area contributed by atoms with Gasteiger partial charge in [0.1, 0.15) is 11.6 Å². The van der Waals surface area contributed by atoms with Crippen LogP contribution in [0.3, 0.4) is 0 Å². The summed E-state index contributed by atoms with van der Waals surface area (Å²) in [6.07, 6.45) is 2.68. The van der Waals surface area contributed by atoms with Gasteiger partial charge in [-0.05, 0) is 49.7 Å². The van der Waals surface area contributed by atoms with Crippen molar-refractivity contribution in [3.8, 4) is 5.69 Å². The van der Waals surface area contributed by atoms with E-state index in [0.29, 0.717) is 29.8 Å². The lowest BCUT2D eigenvalue weighted by Crippen LogP contribution is -2.31. The second-order valence-corrected chi connectivity index (χ2v) is 9.64. The van der Waals surface area contributed by atoms with E-state index in [0.717, 1.165) is 26.9 Å². The SMILES string of the molecule is Cc1ccc([C@H]2C3=C(C[C@H](c4ccco4)CC3=O)Nc3[nH]n(-c4ccccc4)c(=O)c32)s1. The minimum Gasteiger partial charge on any atom is -0.469 e. The molecule has 32 heavy (non-hydrogen) atoms. The zero-order valence-corrected chi connectivity index (χ0v) is 18.2. The first kappa shape index (κ1) is 19.1. The van der Waals surface area contributed by atoms with Crippen LogP contribution in [0.4, 0.5) is 5.82 Å². The zero-order chi connectivity index (χ0) is 21.8. The van der Waals surface area contributed by atoms with Crippen molar-refractivity contribution in [2.24, 2.45) is 0 Å². The van der Waals surface area contributed by atoms with Crippen molar-refractivity contribution in [1.29, 1.82) is 0 Å². The maximum absolute atomic E-state index is 13.6. The lowest BCUT2D eigenvalue weighted by Gasteiger charge is -2.33. The average Bonchev–Trinajstić information content (AvgIpc) is 3.54. The van der Waals surface area contributed by atoms with E-state index in [-0.39, 0.29) is 23.2 Å². The summed E-state index contributed by atoms with van der Waals surface area (Å²) in [5, 5.41) is 6.66. The van der Waals surface area contributed by atoms with Crippen LogP contribution in [-0.2, 0) is 4.79 Å². The summed E-state index contributed by atoms with van der Waals surface area (Å²) in [6.45, 7) is 2.04. The van der Waals surface area contributed by atoms with Gasteiger partial charge in [0.05, 0.1) is 23.4 Å². The van der Waals surface area contributed by atoms with Gasteiger partial charge in [-0.1, -0.05) is 18.2 Å². The molecule has 2 aliphatic rings. The highest BCUT2D eigenvalue weighted by molar-refractivity contribution is 7.12. The first-order valence-corrected chi connectivity index (χ1v) is 11.4. The number of carbonyl (C=O) groups is 1. The number of para-hydroxylation sites is 1. The number of ketones is 1. The van der Waals surface area contributed by atoms with Gasteiger partial charge in [-0.3, -0.25) is 14.7 Å². The number of fused-ring (bicyclic) bond motifs is 1. The fourth-order valence-electron chi connectivity index (χ4n) is 4.87. The van der Waals surface area contributed by atoms with E-state index in [1.54, 1.807) is 22.3 Å². The number of Topliss-reactive ketones (excluding diaryl/α,β-unsaturated/α-hetero) is 1. The molecule has 6 rings (SSSR count). The lowest BCUT2D eigenvalue weighted by atomic mass is 9.75. The average molecular weight is 444 g/mol. The second kappa shape index (κ2) is 7.24. The molecule has 1 aromatic carbocycles. The topological polar surface area (TPSA) is 80.0 Å². The van der Waals surface area contributed by atoms with Gasteiger partial charge >= 0.3 is 0 Å². The highest BCUT2D eigenvalue weighted by atomic mass is 32.1. The van der Waals surface area contributed by atoms with Crippen molar-refractivity contribution in [3.05, 3.63) is 104 Å². The molecule has 0 amide bonds. The number of thiophene rings is 1. The summed E-state index contributed by atoms with van der Waals surface area (Å²) in [4.78, 5) is 29.2. The summed E-state index contributed by atoms with van der Waals surface area (Å²) in [7, 11) is 0. The Morgan fingerprint density at radius 3 is 2.59 bits per heavy atom. The molecule has 0 unspecified atom stereocenters. The van der Waals surface area contributed by atoms with Gasteiger partial charge in [0, 0.05) is 33.4 Å². The molecule has 0 bridgehead atoms. The number of aryl methyl sites for hydroxylation is 1. The van der Waals surface area contributed by atoms with Gasteiger partial charge in [0.15, 0.2) is 5.78 Å². The highest BCUT2D eigenvalue weighted by Crippen LogP contribution is 2.48. The molecule has 1 aliphatic carbocycles. The van der Waals surface area contributed by atoms with Crippen LogP contribution < -0.4 is 10.9 Å². The van der Waals surface area contributed by atoms with E-state index in [2.05, 4.69) is 10.4 Å². The maximum atomic E-state index is 13.6. The van der Waals surface area contributed by atoms with Crippen LogP contribution in [0.25, 0.3) is 5.69 Å². The third-order valence-corrected chi connectivity index (χ3v) is 7.36. The molecule has 7 heteroatoms. The van der Waals surface area contributed by atoms with E-state index in [1.807, 2.05) is 61.5 Å². The molecule has 1 aliphatic heterocycles. The Bertz CT molecular complexity index is 1410. The van der Waals surface area contributed by atoms with E-state index < -0.39 is 0 Å². The minimum atomic E-state index is -0.376. The Hall–Kier alpha value is -3.58. The van der Waals surface area contributed by atoms with Crippen LogP contribution >= 0.6 is 11.3 Å². The molecule has 2 N–H and O–H groups in total. The molecule has 0 spiro atoms. The number of aromatic amines is 1. The Kier molecular flexibility index (Phi) is 4.33. The van der Waals surface area contributed by atoms with E-state index in [1.165, 1.54) is 0 Å². The lowest BCUT2D eigenvalue weighted by molar-refractivity contribution is -0.116. The second-order valence-electron chi connectivity index (χ2n) is 8.32. The molecule has 160 valence electrons. The summed E-state index contributed by atoms with van der Waals surface area (Å²) in [5.41, 5.74) is 2.79. The highest BCUT2D eigenvalue weighted by Gasteiger charge is 2.42. The smallest absolute Gasteiger partial charge is 0.277 e. The minimum absolute atomic E-state index is 0.0149. The van der Waals surface area contributed by atoms with Gasteiger partial charge in [0.2, 0.25) is 0 Å². The predicted molar refractivity (Wildman–Crippen MR) is 124 cm³/mol. The number of benzene rings is 1. The predicted octanol–water partition coefficient (Wildman–Crippen LogP) is 5.09. The van der Waals surface area contributed by atoms with Gasteiger partial charge < -0.3 is 9.73 Å². The van der Waals surface area contributed by atoms with Crippen LogP contribution in [-0.4, -0.2) is 15.6 Å². The van der Waals surface area contributed by atoms with Crippen molar-refractivity contribution in [2.45, 2.75) is 31.6 Å². The summed E-state index contributed by atoms with van der Waals surface area (Å²) < 4.78 is 7.16. The Morgan fingerprint density at radius 2 is 1.88 bits per heavy atom. The third kappa shape index (κ3) is 2.92. The number of hydrogen-bond acceptors (Lipinski definition) is 5. The van der Waals surface area contributed by atoms with E-state index in [4.69, 9.17) is 4.42 Å². The molecule has 4 aromatic rings. The fraction of sp³-hybridized carbons (Fsp3) is 0.200. The van der Waals surface area contributed by atoms with Crippen molar-refractivity contribution < 1.29 is 9.21 Å². The number of aromatic nitrogens is 2. The number of furan rings is 1. The third-order valence-electron chi connectivity index (χ3n) is 6.29. The number of anilines is 1. The van der Waals surface area contributed by atoms with Crippen LogP contribution in [0.5, 0.6) is 0 Å². The molecule has 2 atom stereocenters. The molecule has 3 aromatic heterocycles. The Balaban J connectivity index is 1.52. The van der Waals surface area contributed by atoms with Crippen molar-refractivity contribution in [1.82, 2.24) is 9.78 Å². The van der Waals surface area contributed by atoms with E-state index >= 15 is 0 Å². The number of nitrogens with one attached hydrogen (secondary N) is 2. The first-order chi connectivity index (χ1) is 15.6. The number of nitrogens with zero attached hydrogens (tertiary/aromatic N) is 1. The van der Waals surface area contributed by atoms with Crippen LogP contribution in [0.2, 0.25) is 0 Å². The molecule has 0 saturated heterocycles. The molecular weight excluding hydrogens is 422 g/mol.